The van der Waals surface area contributed by atoms with Crippen molar-refractivity contribution >= 4 is 17.6 Å². The fourth-order valence-electron chi connectivity index (χ4n) is 2.29. The lowest BCUT2D eigenvalue weighted by Gasteiger charge is -2.15. The van der Waals surface area contributed by atoms with Gasteiger partial charge in [0.05, 0.1) is 5.56 Å². The number of anilines is 1. The third-order valence-corrected chi connectivity index (χ3v) is 3.54. The minimum Gasteiger partial charge on any atom is -0.449 e. The fraction of sp³-hybridized carbons (Fsp3) is 0.263. The first-order valence-corrected chi connectivity index (χ1v) is 7.52. The van der Waals surface area contributed by atoms with Gasteiger partial charge in [0.25, 0.3) is 5.91 Å². The molecule has 2 aromatic rings. The number of amides is 1. The second kappa shape index (κ2) is 7.09. The van der Waals surface area contributed by atoms with Crippen LogP contribution >= 0.6 is 0 Å². The first-order chi connectivity index (χ1) is 10.9. The Morgan fingerprint density at radius 3 is 2.35 bits per heavy atom. The molecule has 120 valence electrons. The van der Waals surface area contributed by atoms with Gasteiger partial charge in [-0.25, -0.2) is 4.79 Å². The summed E-state index contributed by atoms with van der Waals surface area (Å²) >= 11 is 0. The van der Waals surface area contributed by atoms with Crippen LogP contribution in [0.1, 0.15) is 34.0 Å². The molecule has 0 radical (unpaired) electrons. The molecule has 0 aliphatic rings. The largest absolute Gasteiger partial charge is 0.449 e. The SMILES string of the molecule is Cc1cccc(NC(=O)[C@@H](C)OC(=O)c2ccc(C)cc2C)c1. The van der Waals surface area contributed by atoms with Crippen LogP contribution in [-0.4, -0.2) is 18.0 Å². The quantitative estimate of drug-likeness (QED) is 0.874. The van der Waals surface area contributed by atoms with Crippen LogP contribution in [-0.2, 0) is 9.53 Å². The van der Waals surface area contributed by atoms with E-state index in [2.05, 4.69) is 5.32 Å². The molecule has 4 nitrogen and oxygen atoms in total. The molecule has 2 aromatic carbocycles. The molecule has 0 bridgehead atoms. The number of benzene rings is 2. The highest BCUT2D eigenvalue weighted by Crippen LogP contribution is 2.14. The minimum absolute atomic E-state index is 0.353. The molecule has 0 heterocycles. The van der Waals surface area contributed by atoms with Crippen molar-refractivity contribution < 1.29 is 14.3 Å². The summed E-state index contributed by atoms with van der Waals surface area (Å²) in [6.45, 7) is 7.31. The summed E-state index contributed by atoms with van der Waals surface area (Å²) in [6.07, 6.45) is -0.872. The Hall–Kier alpha value is -2.62. The molecular formula is C19H21NO3. The second-order valence-electron chi connectivity index (χ2n) is 5.72. The standard InChI is InChI=1S/C19H21NO3/c1-12-6-5-7-16(11-12)20-18(21)15(4)23-19(22)17-9-8-13(2)10-14(17)3/h5-11,15H,1-4H3,(H,20,21)/t15-/m1/s1. The topological polar surface area (TPSA) is 55.4 Å². The van der Waals surface area contributed by atoms with E-state index in [0.717, 1.165) is 16.7 Å². The van der Waals surface area contributed by atoms with E-state index in [1.54, 1.807) is 19.1 Å². The average Bonchev–Trinajstić information content (AvgIpc) is 2.46. The van der Waals surface area contributed by atoms with E-state index in [9.17, 15) is 9.59 Å². The Bertz CT molecular complexity index is 737. The molecule has 0 aromatic heterocycles. The van der Waals surface area contributed by atoms with Gasteiger partial charge in [0.1, 0.15) is 0 Å². The van der Waals surface area contributed by atoms with E-state index < -0.39 is 12.1 Å². The first kappa shape index (κ1) is 16.7. The summed E-state index contributed by atoms with van der Waals surface area (Å²) in [5, 5.41) is 2.75. The van der Waals surface area contributed by atoms with Gasteiger partial charge in [-0.2, -0.15) is 0 Å². The first-order valence-electron chi connectivity index (χ1n) is 7.52. The summed E-state index contributed by atoms with van der Waals surface area (Å²) in [7, 11) is 0. The molecule has 1 N–H and O–H groups in total. The van der Waals surface area contributed by atoms with Crippen LogP contribution in [0.5, 0.6) is 0 Å². The summed E-state index contributed by atoms with van der Waals surface area (Å²) < 4.78 is 5.27. The normalized spacial score (nSPS) is 11.7. The zero-order chi connectivity index (χ0) is 17.0. The van der Waals surface area contributed by atoms with Crippen molar-refractivity contribution in [3.05, 3.63) is 64.7 Å². The molecule has 0 saturated carbocycles. The highest BCUT2D eigenvalue weighted by Gasteiger charge is 2.20. The minimum atomic E-state index is -0.872. The predicted octanol–water partition coefficient (Wildman–Crippen LogP) is 3.80. The third kappa shape index (κ3) is 4.42. The number of esters is 1. The van der Waals surface area contributed by atoms with Gasteiger partial charge in [-0.1, -0.05) is 29.8 Å². The van der Waals surface area contributed by atoms with E-state index in [1.807, 2.05) is 51.1 Å². The van der Waals surface area contributed by atoms with Gasteiger partial charge >= 0.3 is 5.97 Å². The van der Waals surface area contributed by atoms with Crippen LogP contribution in [0, 0.1) is 20.8 Å². The van der Waals surface area contributed by atoms with E-state index >= 15 is 0 Å². The molecule has 0 spiro atoms. The molecule has 4 heteroatoms. The average molecular weight is 311 g/mol. The Labute approximate surface area is 136 Å². The monoisotopic (exact) mass is 311 g/mol. The lowest BCUT2D eigenvalue weighted by molar-refractivity contribution is -0.123. The summed E-state index contributed by atoms with van der Waals surface area (Å²) in [5.41, 5.74) is 4.11. The maximum atomic E-state index is 12.2. The van der Waals surface area contributed by atoms with Gasteiger partial charge < -0.3 is 10.1 Å². The van der Waals surface area contributed by atoms with Gasteiger partial charge in [0.15, 0.2) is 6.10 Å². The molecule has 2 rings (SSSR count). The van der Waals surface area contributed by atoms with Crippen molar-refractivity contribution in [2.45, 2.75) is 33.8 Å². The van der Waals surface area contributed by atoms with Gasteiger partial charge in [0, 0.05) is 5.69 Å². The smallest absolute Gasteiger partial charge is 0.339 e. The van der Waals surface area contributed by atoms with Gasteiger partial charge in [0.2, 0.25) is 0 Å². The predicted molar refractivity (Wildman–Crippen MR) is 90.6 cm³/mol. The fourth-order valence-corrected chi connectivity index (χ4v) is 2.29. The zero-order valence-corrected chi connectivity index (χ0v) is 13.8. The Kier molecular flexibility index (Phi) is 5.16. The number of carbonyl (C=O) groups is 2. The van der Waals surface area contributed by atoms with Crippen molar-refractivity contribution in [2.24, 2.45) is 0 Å². The lowest BCUT2D eigenvalue weighted by atomic mass is 10.1. The number of rotatable bonds is 4. The van der Waals surface area contributed by atoms with Crippen molar-refractivity contribution in [3.8, 4) is 0 Å². The summed E-state index contributed by atoms with van der Waals surface area (Å²) in [4.78, 5) is 24.3. The third-order valence-electron chi connectivity index (χ3n) is 3.54. The highest BCUT2D eigenvalue weighted by atomic mass is 16.5. The highest BCUT2D eigenvalue weighted by molar-refractivity contribution is 5.97. The molecule has 1 atom stereocenters. The van der Waals surface area contributed by atoms with E-state index in [0.29, 0.717) is 11.3 Å². The molecule has 0 unspecified atom stereocenters. The molecular weight excluding hydrogens is 290 g/mol. The number of nitrogens with one attached hydrogen (secondary N) is 1. The van der Waals surface area contributed by atoms with Crippen LogP contribution in [0.2, 0.25) is 0 Å². The van der Waals surface area contributed by atoms with Crippen molar-refractivity contribution in [1.82, 2.24) is 0 Å². The van der Waals surface area contributed by atoms with Crippen LogP contribution in [0.4, 0.5) is 5.69 Å². The van der Waals surface area contributed by atoms with Crippen LogP contribution in [0.3, 0.4) is 0 Å². The molecule has 0 aliphatic heterocycles. The van der Waals surface area contributed by atoms with Gasteiger partial charge in [-0.05, 0) is 57.0 Å². The van der Waals surface area contributed by atoms with Crippen LogP contribution in [0.15, 0.2) is 42.5 Å². The maximum absolute atomic E-state index is 12.2. The van der Waals surface area contributed by atoms with Crippen LogP contribution in [0.25, 0.3) is 0 Å². The Balaban J connectivity index is 2.01. The number of aryl methyl sites for hydroxylation is 3. The van der Waals surface area contributed by atoms with Gasteiger partial charge in [-0.15, -0.1) is 0 Å². The lowest BCUT2D eigenvalue weighted by Crippen LogP contribution is -2.30. The Morgan fingerprint density at radius 2 is 1.70 bits per heavy atom. The maximum Gasteiger partial charge on any atom is 0.339 e. The van der Waals surface area contributed by atoms with E-state index in [-0.39, 0.29) is 5.91 Å². The summed E-state index contributed by atoms with van der Waals surface area (Å²) in [5.74, 6) is -0.844. The van der Waals surface area contributed by atoms with Crippen molar-refractivity contribution in [3.63, 3.8) is 0 Å². The summed E-state index contributed by atoms with van der Waals surface area (Å²) in [6, 6.07) is 12.9. The number of ether oxygens (including phenoxy) is 1. The van der Waals surface area contributed by atoms with E-state index in [1.165, 1.54) is 0 Å². The van der Waals surface area contributed by atoms with Crippen molar-refractivity contribution in [1.29, 1.82) is 0 Å². The Morgan fingerprint density at radius 1 is 1.00 bits per heavy atom. The van der Waals surface area contributed by atoms with Crippen molar-refractivity contribution in [2.75, 3.05) is 5.32 Å². The molecule has 0 aliphatic carbocycles. The second-order valence-corrected chi connectivity index (χ2v) is 5.72. The van der Waals surface area contributed by atoms with Crippen LogP contribution < -0.4 is 5.32 Å². The number of hydrogen-bond donors (Lipinski definition) is 1. The zero-order valence-electron chi connectivity index (χ0n) is 13.8. The number of hydrogen-bond acceptors (Lipinski definition) is 3. The number of carbonyl (C=O) groups excluding carboxylic acids is 2. The molecule has 0 fully saturated rings. The molecule has 23 heavy (non-hydrogen) atoms. The molecule has 1 amide bonds. The van der Waals surface area contributed by atoms with Gasteiger partial charge in [-0.3, -0.25) is 4.79 Å². The molecule has 0 saturated heterocycles. The van der Waals surface area contributed by atoms with E-state index in [4.69, 9.17) is 4.74 Å².